The number of rotatable bonds is 40. The van der Waals surface area contributed by atoms with Crippen LogP contribution in [0, 0.1) is 58.2 Å². The van der Waals surface area contributed by atoms with Crippen molar-refractivity contribution >= 4 is 35.6 Å². The lowest BCUT2D eigenvalue weighted by Gasteiger charge is -2.30. The number of nitrogens with one attached hydrogen (secondary N) is 2. The molecule has 0 bridgehead atoms. The molecule has 0 heterocycles. The molecule has 0 spiro atoms. The second-order valence-corrected chi connectivity index (χ2v) is 24.8. The van der Waals surface area contributed by atoms with Crippen LogP contribution in [-0.2, 0) is 51.1 Å². The summed E-state index contributed by atoms with van der Waals surface area (Å²) in [6.07, 6.45) is 4.24. The van der Waals surface area contributed by atoms with E-state index in [0.717, 1.165) is 36.8 Å². The molecule has 2 aromatic rings. The van der Waals surface area contributed by atoms with Crippen molar-refractivity contribution in [1.29, 1.82) is 0 Å². The second-order valence-electron chi connectivity index (χ2n) is 24.8. The Morgan fingerprint density at radius 1 is 0.512 bits per heavy atom. The minimum Gasteiger partial charge on any atom is -0.493 e. The lowest BCUT2D eigenvalue weighted by atomic mass is 9.80. The minimum absolute atomic E-state index is 0.00829. The minimum atomic E-state index is -1.26. The standard InChI is InChI=1S/2C30H53N3O6.C4H4O4/c2*1-19(2)22(14-21-10-11-26(38-8)27(15-21)39-13-9-12-37-7)16-24(31)25(34)17-23(20(3)4)28(35)33-18-30(5,6)29(32)36;5-3(6)1-2-4(7)8/h2*10-11,15,19-20,22-25,34H,9,12-14,16-18,31H2,1-8H3,(H2,32,36)(H,33,35);1-2H,(H,5,6)(H,7,8)/t2*22-,23-,24-,25-;/m00./s1. The highest BCUT2D eigenvalue weighted by atomic mass is 16.5. The zero-order valence-corrected chi connectivity index (χ0v) is 54.4. The van der Waals surface area contributed by atoms with Gasteiger partial charge in [0, 0.05) is 89.4 Å². The molecular formula is C64H110N6O16. The first-order chi connectivity index (χ1) is 40.1. The third-order valence-electron chi connectivity index (χ3n) is 15.4. The lowest BCUT2D eigenvalue weighted by molar-refractivity contribution is -0.134. The maximum Gasteiger partial charge on any atom is 0.328 e. The van der Waals surface area contributed by atoms with Crippen LogP contribution in [0.2, 0.25) is 0 Å². The number of aliphatic carboxylic acids is 2. The van der Waals surface area contributed by atoms with E-state index >= 15 is 0 Å². The highest BCUT2D eigenvalue weighted by Crippen LogP contribution is 2.34. The summed E-state index contributed by atoms with van der Waals surface area (Å²) in [7, 11) is 6.58. The van der Waals surface area contributed by atoms with Crippen LogP contribution < -0.4 is 52.5 Å². The first-order valence-electron chi connectivity index (χ1n) is 29.8. The zero-order valence-electron chi connectivity index (χ0n) is 54.4. The van der Waals surface area contributed by atoms with Crippen molar-refractivity contribution in [2.45, 2.75) is 159 Å². The average Bonchev–Trinajstić information content (AvgIpc) is 2.92. The summed E-state index contributed by atoms with van der Waals surface area (Å²) in [6.45, 7) is 25.7. The Balaban J connectivity index is 0.00000149. The molecule has 4 amide bonds. The van der Waals surface area contributed by atoms with E-state index in [2.05, 4.69) is 38.3 Å². The fourth-order valence-corrected chi connectivity index (χ4v) is 8.92. The van der Waals surface area contributed by atoms with E-state index in [1.165, 1.54) is 0 Å². The van der Waals surface area contributed by atoms with Crippen molar-refractivity contribution < 1.29 is 77.6 Å². The van der Waals surface area contributed by atoms with Crippen molar-refractivity contribution in [1.82, 2.24) is 10.6 Å². The number of hydrogen-bond acceptors (Lipinski definition) is 16. The summed E-state index contributed by atoms with van der Waals surface area (Å²) >= 11 is 0. The van der Waals surface area contributed by atoms with Gasteiger partial charge in [-0.3, -0.25) is 19.2 Å². The molecule has 0 saturated carbocycles. The molecule has 0 aromatic heterocycles. The molecule has 492 valence electrons. The first-order valence-corrected chi connectivity index (χ1v) is 29.8. The molecule has 0 aliphatic carbocycles. The number of nitrogens with two attached hydrogens (primary N) is 4. The fraction of sp³-hybridized carbons (Fsp3) is 0.688. The SMILES string of the molecule is COCCCOc1cc(C[C@@H](C[C@H](N)[C@@H](O)C[C@H](C(=O)NCC(C)(C)C(N)=O)C(C)C)C(C)C)ccc1OC.COCCCOc1cc(C[C@@H](C[C@H](N)[C@@H](O)C[C@H](C(=O)NCC(C)(C)C(N)=O)C(C)C)C(C)C)ccc1OC.O=C(O)C=CC(=O)O. The van der Waals surface area contributed by atoms with Crippen molar-refractivity contribution in [2.24, 2.45) is 81.1 Å². The van der Waals surface area contributed by atoms with E-state index in [1.807, 2.05) is 64.1 Å². The number of ether oxygens (including phenoxy) is 6. The van der Waals surface area contributed by atoms with E-state index in [1.54, 1.807) is 56.1 Å². The first kappa shape index (κ1) is 80.0. The van der Waals surface area contributed by atoms with Gasteiger partial charge in [0.05, 0.1) is 50.5 Å². The molecule has 2 rings (SSSR count). The maximum atomic E-state index is 12.9. The molecule has 0 aliphatic rings. The van der Waals surface area contributed by atoms with Gasteiger partial charge in [-0.1, -0.05) is 67.5 Å². The number of primary amides is 2. The van der Waals surface area contributed by atoms with Crippen LogP contribution in [0.1, 0.15) is 133 Å². The van der Waals surface area contributed by atoms with Gasteiger partial charge >= 0.3 is 11.9 Å². The van der Waals surface area contributed by atoms with Crippen LogP contribution >= 0.6 is 0 Å². The Morgan fingerprint density at radius 3 is 1.09 bits per heavy atom. The molecule has 2 aromatic carbocycles. The Hall–Kier alpha value is -6.04. The van der Waals surface area contributed by atoms with Gasteiger partial charge in [0.1, 0.15) is 0 Å². The van der Waals surface area contributed by atoms with E-state index < -0.39 is 70.7 Å². The van der Waals surface area contributed by atoms with E-state index in [0.29, 0.717) is 86.3 Å². The van der Waals surface area contributed by atoms with E-state index in [9.17, 15) is 39.0 Å². The summed E-state index contributed by atoms with van der Waals surface area (Å²) in [5.41, 5.74) is 24.4. The third-order valence-corrected chi connectivity index (χ3v) is 15.4. The Bertz CT molecular complexity index is 2200. The van der Waals surface area contributed by atoms with Gasteiger partial charge in [-0.05, 0) is 137 Å². The predicted octanol–water partition coefficient (Wildman–Crippen LogP) is 6.30. The van der Waals surface area contributed by atoms with Gasteiger partial charge in [-0.2, -0.15) is 0 Å². The van der Waals surface area contributed by atoms with Crippen molar-refractivity contribution in [3.8, 4) is 23.0 Å². The predicted molar refractivity (Wildman–Crippen MR) is 333 cm³/mol. The number of carboxylic acid groups (broad SMARTS) is 2. The molecule has 0 unspecified atom stereocenters. The largest absolute Gasteiger partial charge is 0.493 e. The molecule has 0 fully saturated rings. The normalized spacial score (nSPS) is 14.6. The number of carboxylic acids is 2. The highest BCUT2D eigenvalue weighted by Gasteiger charge is 2.34. The molecule has 0 aliphatic heterocycles. The van der Waals surface area contributed by atoms with Crippen LogP contribution in [-0.4, -0.2) is 148 Å². The fourth-order valence-electron chi connectivity index (χ4n) is 8.92. The summed E-state index contributed by atoms with van der Waals surface area (Å²) < 4.78 is 33.0. The van der Waals surface area contributed by atoms with Crippen molar-refractivity contribution in [2.75, 3.05) is 68.0 Å². The van der Waals surface area contributed by atoms with Crippen LogP contribution in [0.15, 0.2) is 48.6 Å². The zero-order chi connectivity index (χ0) is 66.1. The Morgan fingerprint density at radius 2 is 0.837 bits per heavy atom. The molecule has 22 heteroatoms. The van der Waals surface area contributed by atoms with Gasteiger partial charge < -0.3 is 82.4 Å². The summed E-state index contributed by atoms with van der Waals surface area (Å²) in [5, 5.41) is 43.4. The number of carbonyl (C=O) groups is 6. The number of aliphatic hydroxyl groups excluding tert-OH is 2. The molecule has 8 atom stereocenters. The van der Waals surface area contributed by atoms with Gasteiger partial charge in [0.25, 0.3) is 0 Å². The number of hydrogen-bond donors (Lipinski definition) is 10. The third kappa shape index (κ3) is 31.6. The number of amides is 4. The van der Waals surface area contributed by atoms with Gasteiger partial charge in [-0.15, -0.1) is 0 Å². The molecule has 14 N–H and O–H groups in total. The van der Waals surface area contributed by atoms with Crippen molar-refractivity contribution in [3.63, 3.8) is 0 Å². The van der Waals surface area contributed by atoms with Crippen LogP contribution in [0.3, 0.4) is 0 Å². The van der Waals surface area contributed by atoms with E-state index in [4.69, 9.17) is 61.6 Å². The Kier molecular flexibility index (Phi) is 38.3. The topological polar surface area (TPSA) is 367 Å². The van der Waals surface area contributed by atoms with Gasteiger partial charge in [0.2, 0.25) is 23.6 Å². The van der Waals surface area contributed by atoms with Gasteiger partial charge in [0.15, 0.2) is 23.0 Å². The summed E-state index contributed by atoms with van der Waals surface area (Å²) in [6, 6.07) is 10.9. The van der Waals surface area contributed by atoms with Crippen molar-refractivity contribution in [3.05, 3.63) is 59.7 Å². The number of carbonyl (C=O) groups excluding carboxylic acids is 4. The monoisotopic (exact) mass is 1220 g/mol. The van der Waals surface area contributed by atoms with E-state index in [-0.39, 0.29) is 61.4 Å². The second kappa shape index (κ2) is 41.2. The number of aliphatic hydroxyl groups is 2. The maximum absolute atomic E-state index is 12.9. The molecule has 86 heavy (non-hydrogen) atoms. The van der Waals surface area contributed by atoms with Crippen LogP contribution in [0.5, 0.6) is 23.0 Å². The Labute approximate surface area is 512 Å². The molecule has 0 radical (unpaired) electrons. The van der Waals surface area contributed by atoms with Gasteiger partial charge in [-0.25, -0.2) is 9.59 Å². The molecule has 0 saturated heterocycles. The quantitative estimate of drug-likeness (QED) is 0.0258. The average molecular weight is 1220 g/mol. The smallest absolute Gasteiger partial charge is 0.328 e. The van der Waals surface area contributed by atoms with Crippen LogP contribution in [0.4, 0.5) is 0 Å². The number of methoxy groups -OCH3 is 4. The number of benzene rings is 2. The summed E-state index contributed by atoms with van der Waals surface area (Å²) in [5.74, 6) is -0.929. The lowest BCUT2D eigenvalue weighted by Crippen LogP contribution is -2.46. The highest BCUT2D eigenvalue weighted by molar-refractivity contribution is 5.89. The van der Waals surface area contributed by atoms with Crippen LogP contribution in [0.25, 0.3) is 0 Å². The molecular weight excluding hydrogens is 1110 g/mol. The molecule has 22 nitrogen and oxygen atoms in total. The summed E-state index contributed by atoms with van der Waals surface area (Å²) in [4.78, 5) is 68.2.